The molecule has 0 radical (unpaired) electrons. The standard InChI is InChI=1S/C44H51ClN2O9/c1-26-38(52-27(2)48)40(53-28(3)49)42(54-29(4)50)56-39(26)41(51)47-22-7-16-43(18-19-43)31-10-13-36(45)30(24-31)14-17-44(20-21-44)35-25-46-23-15-33(35)34-8-5-6-9-37(34)55-32-11-12-32/h5-6,8-10,13,15,23-26,32,38-40,42H,7,11-12,14,16-22H2,1-4H3,(H,47,51)/t26-,38-,39-,40+,42?/m0/s1. The summed E-state index contributed by atoms with van der Waals surface area (Å²) in [7, 11) is 0. The van der Waals surface area contributed by atoms with Gasteiger partial charge < -0.3 is 29.0 Å². The van der Waals surface area contributed by atoms with Gasteiger partial charge in [-0.3, -0.25) is 24.2 Å². The Morgan fingerprint density at radius 1 is 0.857 bits per heavy atom. The van der Waals surface area contributed by atoms with E-state index in [0.29, 0.717) is 12.6 Å². The summed E-state index contributed by atoms with van der Waals surface area (Å²) in [6, 6.07) is 16.9. The van der Waals surface area contributed by atoms with E-state index in [0.717, 1.165) is 86.1 Å². The summed E-state index contributed by atoms with van der Waals surface area (Å²) in [6.45, 7) is 5.64. The van der Waals surface area contributed by atoms with Gasteiger partial charge in [-0.1, -0.05) is 48.9 Å². The first-order chi connectivity index (χ1) is 26.9. The fourth-order valence-corrected chi connectivity index (χ4v) is 8.48. The number of nitrogens with one attached hydrogen (secondary N) is 1. The van der Waals surface area contributed by atoms with Crippen LogP contribution in [-0.4, -0.2) is 66.0 Å². The third-order valence-corrected chi connectivity index (χ3v) is 12.1. The highest BCUT2D eigenvalue weighted by Crippen LogP contribution is 2.56. The van der Waals surface area contributed by atoms with Crippen LogP contribution >= 0.6 is 11.6 Å². The molecular formula is C44H51ClN2O9. The number of esters is 3. The van der Waals surface area contributed by atoms with E-state index in [4.69, 9.17) is 35.3 Å². The molecule has 1 aromatic heterocycles. The van der Waals surface area contributed by atoms with Gasteiger partial charge in [0.2, 0.25) is 18.3 Å². The Kier molecular flexibility index (Phi) is 11.7. The molecule has 3 saturated carbocycles. The molecule has 3 aromatic rings. The lowest BCUT2D eigenvalue weighted by Gasteiger charge is -2.42. The third kappa shape index (κ3) is 9.05. The van der Waals surface area contributed by atoms with Gasteiger partial charge >= 0.3 is 17.9 Å². The van der Waals surface area contributed by atoms with E-state index < -0.39 is 54.3 Å². The summed E-state index contributed by atoms with van der Waals surface area (Å²) in [4.78, 5) is 53.8. The lowest BCUT2D eigenvalue weighted by Crippen LogP contribution is -2.60. The SMILES string of the molecule is CC(=O)OC1O[C@H](C(=O)NCCCC2(c3ccc(Cl)c(CCC4(c5cnccc5-c5ccccc5OC5CC5)CC4)c3)CC2)[C@@H](C)[C@H](OC(C)=O)[C@H]1OC(C)=O. The predicted molar refractivity (Wildman–Crippen MR) is 208 cm³/mol. The second-order valence-corrected chi connectivity index (χ2v) is 16.4. The van der Waals surface area contributed by atoms with Crippen LogP contribution in [-0.2, 0) is 55.4 Å². The van der Waals surface area contributed by atoms with Gasteiger partial charge in [-0.15, -0.1) is 0 Å². The Labute approximate surface area is 333 Å². The molecule has 2 aromatic carbocycles. The van der Waals surface area contributed by atoms with Crippen LogP contribution in [0.5, 0.6) is 5.75 Å². The Morgan fingerprint density at radius 3 is 2.23 bits per heavy atom. The highest BCUT2D eigenvalue weighted by atomic mass is 35.5. The molecule has 5 atom stereocenters. The van der Waals surface area contributed by atoms with Gasteiger partial charge in [0.15, 0.2) is 6.10 Å². The zero-order valence-electron chi connectivity index (χ0n) is 32.5. The fourth-order valence-electron chi connectivity index (χ4n) is 8.27. The summed E-state index contributed by atoms with van der Waals surface area (Å²) in [5, 5.41) is 3.74. The maximum atomic E-state index is 13.5. The fraction of sp³-hybridized carbons (Fsp3) is 0.523. The number of amides is 1. The highest BCUT2D eigenvalue weighted by molar-refractivity contribution is 6.31. The van der Waals surface area contributed by atoms with E-state index in [2.05, 4.69) is 46.7 Å². The summed E-state index contributed by atoms with van der Waals surface area (Å²) >= 11 is 6.85. The van der Waals surface area contributed by atoms with Crippen molar-refractivity contribution >= 4 is 35.4 Å². The van der Waals surface area contributed by atoms with Crippen molar-refractivity contribution < 1.29 is 42.9 Å². The van der Waals surface area contributed by atoms with Gasteiger partial charge in [-0.25, -0.2) is 0 Å². The second kappa shape index (κ2) is 16.5. The molecule has 3 aliphatic carbocycles. The van der Waals surface area contributed by atoms with Crippen molar-refractivity contribution in [3.05, 3.63) is 82.6 Å². The van der Waals surface area contributed by atoms with Gasteiger partial charge in [0, 0.05) is 56.2 Å². The first-order valence-corrected chi connectivity index (χ1v) is 20.2. The average molecular weight is 787 g/mol. The Bertz CT molecular complexity index is 1960. The lowest BCUT2D eigenvalue weighted by atomic mass is 9.84. The van der Waals surface area contributed by atoms with E-state index in [1.807, 2.05) is 24.5 Å². The average Bonchev–Trinajstić information content (AvgIpc) is 4.04. The van der Waals surface area contributed by atoms with Crippen LogP contribution in [0.15, 0.2) is 60.9 Å². The van der Waals surface area contributed by atoms with Gasteiger partial charge in [-0.05, 0) is 115 Å². The zero-order chi connectivity index (χ0) is 39.6. The minimum Gasteiger partial charge on any atom is -0.490 e. The molecule has 1 saturated heterocycles. The smallest absolute Gasteiger partial charge is 0.305 e. The third-order valence-electron chi connectivity index (χ3n) is 11.8. The molecule has 1 N–H and O–H groups in total. The van der Waals surface area contributed by atoms with Crippen LogP contribution in [0.2, 0.25) is 5.02 Å². The maximum Gasteiger partial charge on any atom is 0.305 e. The van der Waals surface area contributed by atoms with Crippen LogP contribution in [0.25, 0.3) is 11.1 Å². The molecule has 1 aliphatic heterocycles. The number of carbonyl (C=O) groups excluding carboxylic acids is 4. The number of carbonyl (C=O) groups is 4. The number of aryl methyl sites for hydroxylation is 1. The lowest BCUT2D eigenvalue weighted by molar-refractivity contribution is -0.277. The molecule has 4 aliphatic rings. The first-order valence-electron chi connectivity index (χ1n) is 19.8. The minimum atomic E-state index is -1.42. The van der Waals surface area contributed by atoms with E-state index in [-0.39, 0.29) is 10.8 Å². The van der Waals surface area contributed by atoms with Crippen molar-refractivity contribution in [2.24, 2.45) is 5.92 Å². The van der Waals surface area contributed by atoms with Crippen LogP contribution in [0.4, 0.5) is 0 Å². The Morgan fingerprint density at radius 2 is 1.55 bits per heavy atom. The summed E-state index contributed by atoms with van der Waals surface area (Å²) in [5.41, 5.74) is 6.09. The van der Waals surface area contributed by atoms with Gasteiger partial charge in [0.25, 0.3) is 0 Å². The van der Waals surface area contributed by atoms with Crippen LogP contribution in [0, 0.1) is 5.92 Å². The van der Waals surface area contributed by atoms with Crippen molar-refractivity contribution in [3.8, 4) is 16.9 Å². The molecule has 4 fully saturated rings. The van der Waals surface area contributed by atoms with Gasteiger partial charge in [0.05, 0.1) is 6.10 Å². The number of ether oxygens (including phenoxy) is 5. The Balaban J connectivity index is 0.974. The predicted octanol–water partition coefficient (Wildman–Crippen LogP) is 7.32. The maximum absolute atomic E-state index is 13.5. The topological polar surface area (TPSA) is 139 Å². The normalized spacial score (nSPS) is 24.3. The van der Waals surface area contributed by atoms with E-state index in [9.17, 15) is 19.2 Å². The largest absolute Gasteiger partial charge is 0.490 e. The molecule has 56 heavy (non-hydrogen) atoms. The number of aromatic nitrogens is 1. The van der Waals surface area contributed by atoms with Crippen molar-refractivity contribution in [3.63, 3.8) is 0 Å². The number of nitrogens with zero attached hydrogens (tertiary/aromatic N) is 1. The molecule has 7 rings (SSSR count). The number of halogens is 1. The van der Waals surface area contributed by atoms with Gasteiger partial charge in [0.1, 0.15) is 11.9 Å². The monoisotopic (exact) mass is 786 g/mol. The number of hydrogen-bond donors (Lipinski definition) is 1. The summed E-state index contributed by atoms with van der Waals surface area (Å²) < 4.78 is 28.3. The van der Waals surface area contributed by atoms with Crippen molar-refractivity contribution in [2.45, 2.75) is 133 Å². The first kappa shape index (κ1) is 39.7. The van der Waals surface area contributed by atoms with E-state index in [1.54, 1.807) is 6.92 Å². The number of rotatable bonds is 16. The number of para-hydroxylation sites is 1. The summed E-state index contributed by atoms with van der Waals surface area (Å²) in [5.74, 6) is -2.20. The number of benzene rings is 2. The van der Waals surface area contributed by atoms with Crippen molar-refractivity contribution in [2.75, 3.05) is 6.54 Å². The van der Waals surface area contributed by atoms with Crippen LogP contribution in [0.1, 0.15) is 102 Å². The molecule has 1 amide bonds. The Hall–Kier alpha value is -4.48. The molecule has 298 valence electrons. The zero-order valence-corrected chi connectivity index (χ0v) is 33.3. The van der Waals surface area contributed by atoms with E-state index in [1.165, 1.54) is 37.5 Å². The molecule has 1 unspecified atom stereocenters. The van der Waals surface area contributed by atoms with E-state index >= 15 is 0 Å². The molecule has 0 bridgehead atoms. The molecule has 2 heterocycles. The van der Waals surface area contributed by atoms with Crippen molar-refractivity contribution in [1.82, 2.24) is 10.3 Å². The molecule has 12 heteroatoms. The van der Waals surface area contributed by atoms with Crippen LogP contribution < -0.4 is 10.1 Å². The van der Waals surface area contributed by atoms with Gasteiger partial charge in [-0.2, -0.15) is 0 Å². The number of hydrogen-bond acceptors (Lipinski definition) is 10. The molecular weight excluding hydrogens is 736 g/mol. The number of pyridine rings is 1. The minimum absolute atomic E-state index is 0.0237. The van der Waals surface area contributed by atoms with Crippen LogP contribution in [0.3, 0.4) is 0 Å². The molecule has 0 spiro atoms. The second-order valence-electron chi connectivity index (χ2n) is 16.0. The highest BCUT2D eigenvalue weighted by Gasteiger charge is 2.52. The molecule has 11 nitrogen and oxygen atoms in total. The van der Waals surface area contributed by atoms with Crippen molar-refractivity contribution in [1.29, 1.82) is 0 Å². The quantitative estimate of drug-likeness (QED) is 0.0893. The summed E-state index contributed by atoms with van der Waals surface area (Å²) in [6.07, 6.45) is 9.37.